The van der Waals surface area contributed by atoms with Crippen LogP contribution in [0.2, 0.25) is 0 Å². The minimum Gasteiger partial charge on any atom is -0.274 e. The van der Waals surface area contributed by atoms with Gasteiger partial charge in [0.1, 0.15) is 0 Å². The van der Waals surface area contributed by atoms with E-state index in [1.165, 1.54) is 0 Å². The third-order valence-electron chi connectivity index (χ3n) is 0.730. The van der Waals surface area contributed by atoms with Crippen LogP contribution in [-0.2, 0) is 0 Å². The molecule has 0 atom stereocenters. The van der Waals surface area contributed by atoms with Crippen molar-refractivity contribution < 1.29 is 0 Å². The maximum Gasteiger partial charge on any atom is 0.00584 e. The fourth-order valence-corrected chi connectivity index (χ4v) is 0.224. The summed E-state index contributed by atoms with van der Waals surface area (Å²) in [5, 5.41) is 0. The van der Waals surface area contributed by atoms with E-state index >= 15 is 0 Å². The third kappa shape index (κ3) is 9.52. The fourth-order valence-electron chi connectivity index (χ4n) is 0.224. The predicted octanol–water partition coefficient (Wildman–Crippen LogP) is -0.00820. The first kappa shape index (κ1) is 11.1. The molecule has 0 spiro atoms. The smallest absolute Gasteiger partial charge is 0.00584 e. The van der Waals surface area contributed by atoms with Crippen molar-refractivity contribution in [2.75, 3.05) is 13.1 Å². The molecule has 3 nitrogen and oxygen atoms in total. The van der Waals surface area contributed by atoms with E-state index in [0.29, 0.717) is 0 Å². The van der Waals surface area contributed by atoms with E-state index in [9.17, 15) is 0 Å². The molecule has 0 aromatic carbocycles. The second-order valence-corrected chi connectivity index (χ2v) is 1.70. The van der Waals surface area contributed by atoms with Gasteiger partial charge < -0.3 is 0 Å². The Bertz CT molecular complexity index is 30.5. The lowest BCUT2D eigenvalue weighted by Gasteiger charge is -2.05. The van der Waals surface area contributed by atoms with E-state index < -0.39 is 0 Å². The zero-order valence-electron chi connectivity index (χ0n) is 5.46. The number of hydrogen-bond acceptors (Lipinski definition) is 4. The highest BCUT2D eigenvalue weighted by atomic mass is 32.1. The van der Waals surface area contributed by atoms with Crippen LogP contribution in [0.4, 0.5) is 0 Å². The van der Waals surface area contributed by atoms with E-state index in [1.54, 1.807) is 0 Å². The first-order valence-electron chi connectivity index (χ1n) is 2.58. The highest BCUT2D eigenvalue weighted by molar-refractivity contribution is 7.77. The first-order chi connectivity index (χ1) is 3.81. The highest BCUT2D eigenvalue weighted by Crippen LogP contribution is 1.86. The minimum atomic E-state index is 1.03. The number of nitrogens with zero attached hydrogens (tertiary/aromatic N) is 1. The summed E-state index contributed by atoms with van der Waals surface area (Å²) in [7, 11) is 0. The van der Waals surface area contributed by atoms with Crippen LogP contribution in [-0.4, -0.2) is 17.4 Å². The maximum absolute atomic E-state index is 4.06. The summed E-state index contributed by atoms with van der Waals surface area (Å²) in [5.74, 6) is 8.00. The van der Waals surface area contributed by atoms with Gasteiger partial charge in [-0.05, 0) is 0 Å². The van der Waals surface area contributed by atoms with Gasteiger partial charge in [-0.1, -0.05) is 26.7 Å². The maximum atomic E-state index is 4.06. The molecule has 0 saturated carbocycles. The molecular formula is C4H15N3S. The zero-order chi connectivity index (χ0) is 6.99. The van der Waals surface area contributed by atoms with Crippen LogP contribution in [0.5, 0.6) is 0 Å². The Morgan fingerprint density at radius 1 is 1.25 bits per heavy atom. The molecule has 4 heteroatoms. The second kappa shape index (κ2) is 10.3. The Hall–Kier alpha value is 0.230. The van der Waals surface area contributed by atoms with Gasteiger partial charge in [0.15, 0.2) is 0 Å². The van der Waals surface area contributed by atoms with Gasteiger partial charge in [-0.2, -0.15) is 0 Å². The SMILES string of the molecule is CCN(S)CC.NN. The number of hydrazine groups is 1. The van der Waals surface area contributed by atoms with Crippen LogP contribution in [0.1, 0.15) is 13.8 Å². The summed E-state index contributed by atoms with van der Waals surface area (Å²) in [6.07, 6.45) is 0. The van der Waals surface area contributed by atoms with Crippen LogP contribution < -0.4 is 11.7 Å². The molecule has 0 rings (SSSR count). The molecule has 0 aliphatic rings. The van der Waals surface area contributed by atoms with Crippen LogP contribution in [0, 0.1) is 0 Å². The standard InChI is InChI=1S/C4H11NS.H4N2/c1-3-5(6)4-2;1-2/h6H,3-4H2,1-2H3;1-2H2. The lowest BCUT2D eigenvalue weighted by molar-refractivity contribution is 0.532. The van der Waals surface area contributed by atoms with Gasteiger partial charge in [-0.25, -0.2) is 0 Å². The molecule has 52 valence electrons. The quantitative estimate of drug-likeness (QED) is 0.285. The lowest BCUT2D eigenvalue weighted by Crippen LogP contribution is -2.08. The average Bonchev–Trinajstić information content (AvgIpc) is 1.91. The van der Waals surface area contributed by atoms with E-state index in [1.807, 2.05) is 4.31 Å². The molecule has 0 aliphatic carbocycles. The van der Waals surface area contributed by atoms with E-state index in [4.69, 9.17) is 0 Å². The van der Waals surface area contributed by atoms with Gasteiger partial charge in [0, 0.05) is 13.1 Å². The van der Waals surface area contributed by atoms with Crippen molar-refractivity contribution in [2.45, 2.75) is 13.8 Å². The summed E-state index contributed by atoms with van der Waals surface area (Å²) < 4.78 is 1.94. The van der Waals surface area contributed by atoms with Gasteiger partial charge in [-0.15, -0.1) is 0 Å². The van der Waals surface area contributed by atoms with E-state index in [0.717, 1.165) is 13.1 Å². The Morgan fingerprint density at radius 3 is 1.50 bits per heavy atom. The number of hydrogen-bond donors (Lipinski definition) is 3. The Balaban J connectivity index is 0. The van der Waals surface area contributed by atoms with Crippen LogP contribution >= 0.6 is 12.8 Å². The summed E-state index contributed by atoms with van der Waals surface area (Å²) >= 11 is 4.06. The molecule has 0 unspecified atom stereocenters. The van der Waals surface area contributed by atoms with Crippen molar-refractivity contribution in [1.29, 1.82) is 0 Å². The topological polar surface area (TPSA) is 55.3 Å². The van der Waals surface area contributed by atoms with Gasteiger partial charge in [0.25, 0.3) is 0 Å². The fraction of sp³-hybridized carbons (Fsp3) is 1.00. The average molecular weight is 137 g/mol. The third-order valence-corrected chi connectivity index (χ3v) is 1.30. The lowest BCUT2D eigenvalue weighted by atomic mass is 10.7. The monoisotopic (exact) mass is 137 g/mol. The zero-order valence-corrected chi connectivity index (χ0v) is 6.36. The van der Waals surface area contributed by atoms with Crippen molar-refractivity contribution in [3.05, 3.63) is 0 Å². The number of nitrogens with two attached hydrogens (primary N) is 2. The van der Waals surface area contributed by atoms with Crippen molar-refractivity contribution in [3.63, 3.8) is 0 Å². The van der Waals surface area contributed by atoms with Crippen molar-refractivity contribution in [1.82, 2.24) is 4.31 Å². The highest BCUT2D eigenvalue weighted by Gasteiger charge is 1.83. The minimum absolute atomic E-state index is 1.03. The van der Waals surface area contributed by atoms with Crippen LogP contribution in [0.25, 0.3) is 0 Å². The molecule has 4 N–H and O–H groups in total. The molecule has 0 fully saturated rings. The molecule has 0 aliphatic heterocycles. The summed E-state index contributed by atoms with van der Waals surface area (Å²) in [6.45, 7) is 6.21. The molecule has 0 radical (unpaired) electrons. The van der Waals surface area contributed by atoms with Gasteiger partial charge in [-0.3, -0.25) is 16.0 Å². The molecule has 0 heterocycles. The first-order valence-corrected chi connectivity index (χ1v) is 2.98. The second-order valence-electron chi connectivity index (χ2n) is 1.14. The predicted molar refractivity (Wildman–Crippen MR) is 40.3 cm³/mol. The molecule has 0 aromatic heterocycles. The summed E-state index contributed by atoms with van der Waals surface area (Å²) in [6, 6.07) is 0. The van der Waals surface area contributed by atoms with Gasteiger partial charge in [0.2, 0.25) is 0 Å². The molecule has 0 amide bonds. The molecular weight excluding hydrogens is 122 g/mol. The molecule has 0 bridgehead atoms. The Morgan fingerprint density at radius 2 is 1.50 bits per heavy atom. The Kier molecular flexibility index (Phi) is 14.2. The Labute approximate surface area is 56.5 Å². The normalized spacial score (nSPS) is 8.25. The summed E-state index contributed by atoms with van der Waals surface area (Å²) in [4.78, 5) is 0. The largest absolute Gasteiger partial charge is 0.274 e. The molecule has 0 aromatic rings. The van der Waals surface area contributed by atoms with Crippen molar-refractivity contribution >= 4 is 12.8 Å². The summed E-state index contributed by atoms with van der Waals surface area (Å²) in [5.41, 5.74) is 0. The van der Waals surface area contributed by atoms with Crippen molar-refractivity contribution in [2.24, 2.45) is 11.7 Å². The van der Waals surface area contributed by atoms with E-state index in [2.05, 4.69) is 38.3 Å². The van der Waals surface area contributed by atoms with Gasteiger partial charge in [0.05, 0.1) is 0 Å². The van der Waals surface area contributed by atoms with Crippen molar-refractivity contribution in [3.8, 4) is 0 Å². The molecule has 0 saturated heterocycles. The number of rotatable bonds is 2. The number of thiol groups is 1. The van der Waals surface area contributed by atoms with Gasteiger partial charge >= 0.3 is 0 Å². The van der Waals surface area contributed by atoms with Crippen LogP contribution in [0.15, 0.2) is 0 Å². The molecule has 8 heavy (non-hydrogen) atoms. The van der Waals surface area contributed by atoms with Crippen LogP contribution in [0.3, 0.4) is 0 Å². The van der Waals surface area contributed by atoms with E-state index in [-0.39, 0.29) is 0 Å².